The summed E-state index contributed by atoms with van der Waals surface area (Å²) in [6.07, 6.45) is 0. The van der Waals surface area contributed by atoms with Gasteiger partial charge in [-0.05, 0) is 31.2 Å². The van der Waals surface area contributed by atoms with Crippen molar-refractivity contribution in [2.75, 3.05) is 20.8 Å². The molecule has 0 unspecified atom stereocenters. The Morgan fingerprint density at radius 2 is 1.90 bits per heavy atom. The summed E-state index contributed by atoms with van der Waals surface area (Å²) in [6, 6.07) is 8.20. The van der Waals surface area contributed by atoms with E-state index in [0.717, 1.165) is 4.70 Å². The van der Waals surface area contributed by atoms with Crippen LogP contribution in [0.4, 0.5) is 0 Å². The molecule has 10 heteroatoms. The number of fused-ring (bicyclic) bond motifs is 1. The topological polar surface area (TPSA) is 79.1 Å². The van der Waals surface area contributed by atoms with Crippen LogP contribution >= 0.6 is 34.5 Å². The Morgan fingerprint density at radius 1 is 1.13 bits per heavy atom. The van der Waals surface area contributed by atoms with E-state index in [-0.39, 0.29) is 28.5 Å². The molecule has 0 fully saturated rings. The van der Waals surface area contributed by atoms with Gasteiger partial charge in [0.2, 0.25) is 0 Å². The van der Waals surface area contributed by atoms with Gasteiger partial charge in [0.05, 0.1) is 46.7 Å². The fourth-order valence-corrected chi connectivity index (χ4v) is 4.30. The number of rotatable bonds is 6. The van der Waals surface area contributed by atoms with Gasteiger partial charge in [0.25, 0.3) is 5.91 Å². The molecule has 1 aromatic heterocycles. The highest BCUT2D eigenvalue weighted by Gasteiger charge is 2.18. The van der Waals surface area contributed by atoms with Crippen LogP contribution in [0.15, 0.2) is 35.3 Å². The average Bonchev–Trinajstić information content (AvgIpc) is 3.07. The Kier molecular flexibility index (Phi) is 7.02. The molecule has 0 radical (unpaired) electrons. The van der Waals surface area contributed by atoms with Crippen molar-refractivity contribution >= 4 is 56.6 Å². The maximum atomic E-state index is 12.9. The molecule has 3 rings (SSSR count). The zero-order valence-corrected chi connectivity index (χ0v) is 18.7. The van der Waals surface area contributed by atoms with Crippen LogP contribution in [0.25, 0.3) is 10.2 Å². The summed E-state index contributed by atoms with van der Waals surface area (Å²) >= 11 is 13.7. The molecule has 0 spiro atoms. The highest BCUT2D eigenvalue weighted by molar-refractivity contribution is 7.16. The molecule has 0 aliphatic carbocycles. The van der Waals surface area contributed by atoms with E-state index in [9.17, 15) is 9.59 Å². The lowest BCUT2D eigenvalue weighted by molar-refractivity contribution is -0.143. The second-order valence-corrected chi connectivity index (χ2v) is 7.76. The first-order valence-electron chi connectivity index (χ1n) is 8.83. The van der Waals surface area contributed by atoms with E-state index in [1.165, 1.54) is 30.1 Å². The van der Waals surface area contributed by atoms with Crippen molar-refractivity contribution in [2.24, 2.45) is 4.99 Å². The zero-order chi connectivity index (χ0) is 21.8. The van der Waals surface area contributed by atoms with Gasteiger partial charge in [-0.1, -0.05) is 34.5 Å². The fraction of sp³-hybridized carbons (Fsp3) is 0.250. The monoisotopic (exact) mass is 468 g/mol. The van der Waals surface area contributed by atoms with Crippen LogP contribution in [0.3, 0.4) is 0 Å². The van der Waals surface area contributed by atoms with Crippen LogP contribution in [-0.4, -0.2) is 37.3 Å². The molecule has 0 bridgehead atoms. The number of hydrogen-bond donors (Lipinski definition) is 0. The molecule has 0 N–H and O–H groups in total. The Bertz CT molecular complexity index is 1190. The number of carbonyl (C=O) groups is 2. The van der Waals surface area contributed by atoms with Gasteiger partial charge in [-0.3, -0.25) is 9.59 Å². The molecular weight excluding hydrogens is 451 g/mol. The third-order valence-electron chi connectivity index (χ3n) is 4.16. The predicted octanol–water partition coefficient (Wildman–Crippen LogP) is 4.33. The van der Waals surface area contributed by atoms with E-state index in [1.807, 2.05) is 0 Å². The normalized spacial score (nSPS) is 11.6. The van der Waals surface area contributed by atoms with Crippen molar-refractivity contribution in [1.29, 1.82) is 0 Å². The fourth-order valence-electron chi connectivity index (χ4n) is 2.79. The first kappa shape index (κ1) is 22.1. The van der Waals surface area contributed by atoms with Crippen LogP contribution < -0.4 is 14.3 Å². The number of methoxy groups -OCH3 is 2. The quantitative estimate of drug-likeness (QED) is 0.503. The SMILES string of the molecule is CCOC(=O)Cn1c(=NC(=O)c2ccc(OC)cc2OC)sc2ccc(Cl)c(Cl)c21. The van der Waals surface area contributed by atoms with Gasteiger partial charge >= 0.3 is 5.97 Å². The zero-order valence-electron chi connectivity index (χ0n) is 16.4. The summed E-state index contributed by atoms with van der Waals surface area (Å²) in [7, 11) is 2.97. The molecule has 7 nitrogen and oxygen atoms in total. The average molecular weight is 469 g/mol. The molecule has 1 amide bonds. The van der Waals surface area contributed by atoms with Gasteiger partial charge < -0.3 is 18.8 Å². The maximum Gasteiger partial charge on any atom is 0.326 e. The van der Waals surface area contributed by atoms with Gasteiger partial charge in [0.1, 0.15) is 18.0 Å². The molecule has 0 atom stereocenters. The molecule has 2 aromatic carbocycles. The lowest BCUT2D eigenvalue weighted by Gasteiger charge is -2.08. The minimum absolute atomic E-state index is 0.167. The Morgan fingerprint density at radius 3 is 2.57 bits per heavy atom. The predicted molar refractivity (Wildman–Crippen MR) is 116 cm³/mol. The molecule has 158 valence electrons. The molecule has 0 saturated heterocycles. The van der Waals surface area contributed by atoms with Gasteiger partial charge in [-0.25, -0.2) is 0 Å². The third kappa shape index (κ3) is 4.45. The van der Waals surface area contributed by atoms with E-state index < -0.39 is 11.9 Å². The summed E-state index contributed by atoms with van der Waals surface area (Å²) in [5.74, 6) is -0.156. The highest BCUT2D eigenvalue weighted by atomic mass is 35.5. The summed E-state index contributed by atoms with van der Waals surface area (Å²) in [6.45, 7) is 1.77. The first-order chi connectivity index (χ1) is 14.4. The molecular formula is C20H18Cl2N2O5S. The standard InChI is InChI=1S/C20H18Cl2N2O5S/c1-4-29-16(25)10-24-18-15(8-7-13(21)17(18)22)30-20(24)23-19(26)12-6-5-11(27-2)9-14(12)28-3/h5-9H,4,10H2,1-3H3. The number of carbonyl (C=O) groups excluding carboxylic acids is 2. The molecule has 30 heavy (non-hydrogen) atoms. The number of hydrogen-bond acceptors (Lipinski definition) is 6. The third-order valence-corrected chi connectivity index (χ3v) is 6.00. The van der Waals surface area contributed by atoms with Crippen molar-refractivity contribution in [3.8, 4) is 11.5 Å². The minimum atomic E-state index is -0.541. The van der Waals surface area contributed by atoms with E-state index in [0.29, 0.717) is 22.0 Å². The number of ether oxygens (including phenoxy) is 3. The number of halogens is 2. The molecule has 3 aromatic rings. The van der Waals surface area contributed by atoms with E-state index in [1.54, 1.807) is 37.3 Å². The first-order valence-corrected chi connectivity index (χ1v) is 10.4. The summed E-state index contributed by atoms with van der Waals surface area (Å²) in [4.78, 5) is 29.6. The largest absolute Gasteiger partial charge is 0.497 e. The second-order valence-electron chi connectivity index (χ2n) is 5.97. The molecule has 0 aliphatic rings. The number of benzene rings is 2. The number of thiazole rings is 1. The van der Waals surface area contributed by atoms with Crippen molar-refractivity contribution in [2.45, 2.75) is 13.5 Å². The van der Waals surface area contributed by atoms with Crippen molar-refractivity contribution in [1.82, 2.24) is 4.57 Å². The molecule has 0 saturated carbocycles. The van der Waals surface area contributed by atoms with Crippen molar-refractivity contribution < 1.29 is 23.8 Å². The molecule has 0 aliphatic heterocycles. The second kappa shape index (κ2) is 9.51. The Hall–Kier alpha value is -2.55. The Balaban J connectivity index is 2.17. The van der Waals surface area contributed by atoms with Gasteiger partial charge in [0.15, 0.2) is 4.80 Å². The summed E-state index contributed by atoms with van der Waals surface area (Å²) < 4.78 is 17.7. The lowest BCUT2D eigenvalue weighted by Crippen LogP contribution is -2.23. The highest BCUT2D eigenvalue weighted by Crippen LogP contribution is 2.32. The van der Waals surface area contributed by atoms with Gasteiger partial charge in [0, 0.05) is 6.07 Å². The van der Waals surface area contributed by atoms with E-state index in [2.05, 4.69) is 4.99 Å². The minimum Gasteiger partial charge on any atom is -0.497 e. The number of amides is 1. The van der Waals surface area contributed by atoms with Crippen LogP contribution in [0.1, 0.15) is 17.3 Å². The smallest absolute Gasteiger partial charge is 0.326 e. The summed E-state index contributed by atoms with van der Waals surface area (Å²) in [5.41, 5.74) is 0.762. The van der Waals surface area contributed by atoms with Gasteiger partial charge in [-0.15, -0.1) is 0 Å². The molecule has 1 heterocycles. The van der Waals surface area contributed by atoms with E-state index in [4.69, 9.17) is 37.4 Å². The van der Waals surface area contributed by atoms with Gasteiger partial charge in [-0.2, -0.15) is 4.99 Å². The number of aromatic nitrogens is 1. The Labute approximate surface area is 186 Å². The van der Waals surface area contributed by atoms with Crippen LogP contribution in [0, 0.1) is 0 Å². The number of esters is 1. The van der Waals surface area contributed by atoms with Crippen molar-refractivity contribution in [3.05, 3.63) is 50.7 Å². The van der Waals surface area contributed by atoms with Crippen LogP contribution in [0.5, 0.6) is 11.5 Å². The summed E-state index contributed by atoms with van der Waals surface area (Å²) in [5, 5.41) is 0.597. The number of nitrogens with zero attached hydrogens (tertiary/aromatic N) is 2. The lowest BCUT2D eigenvalue weighted by atomic mass is 10.2. The van der Waals surface area contributed by atoms with Crippen LogP contribution in [-0.2, 0) is 16.1 Å². The maximum absolute atomic E-state index is 12.9. The van der Waals surface area contributed by atoms with E-state index >= 15 is 0 Å². The van der Waals surface area contributed by atoms with Crippen molar-refractivity contribution in [3.63, 3.8) is 0 Å². The van der Waals surface area contributed by atoms with Crippen LogP contribution in [0.2, 0.25) is 10.0 Å².